The van der Waals surface area contributed by atoms with Gasteiger partial charge in [0.25, 0.3) is 0 Å². The van der Waals surface area contributed by atoms with Crippen molar-refractivity contribution in [3.63, 3.8) is 0 Å². The normalized spacial score (nSPS) is 17.2. The van der Waals surface area contributed by atoms with E-state index in [1.165, 1.54) is 0 Å². The molecule has 0 spiro atoms. The van der Waals surface area contributed by atoms with E-state index in [1.807, 2.05) is 0 Å². The molecule has 68 valence electrons. The van der Waals surface area contributed by atoms with Crippen molar-refractivity contribution in [2.24, 2.45) is 0 Å². The summed E-state index contributed by atoms with van der Waals surface area (Å²) in [6.07, 6.45) is 8.14. The Labute approximate surface area is 80.5 Å². The van der Waals surface area contributed by atoms with Crippen molar-refractivity contribution in [2.45, 2.75) is 35.6 Å². The van der Waals surface area contributed by atoms with Crippen LogP contribution in [0.25, 0.3) is 0 Å². The zero-order valence-electron chi connectivity index (χ0n) is 8.42. The molecule has 0 unspecified atom stereocenters. The first-order valence-electron chi connectivity index (χ1n) is 4.56. The van der Waals surface area contributed by atoms with Gasteiger partial charge in [0.2, 0.25) is 0 Å². The van der Waals surface area contributed by atoms with Gasteiger partial charge in [-0.1, -0.05) is 0 Å². The van der Waals surface area contributed by atoms with Crippen LogP contribution in [0.2, 0.25) is 9.26 Å². The Morgan fingerprint density at radius 1 is 1.42 bits per heavy atom. The predicted octanol–water partition coefficient (Wildman–Crippen LogP) is 3.42. The third-order valence-electron chi connectivity index (χ3n) is 2.07. The quantitative estimate of drug-likeness (QED) is 0.740. The first-order chi connectivity index (χ1) is 5.52. The second kappa shape index (κ2) is 4.02. The van der Waals surface area contributed by atoms with E-state index in [0.717, 1.165) is 6.42 Å². The number of hydrogen-bond donors (Lipinski definition) is 0. The van der Waals surface area contributed by atoms with Crippen molar-refractivity contribution < 1.29 is 23.5 Å². The molecule has 0 aromatic carbocycles. The Hall–Kier alpha value is 0.323. The summed E-state index contributed by atoms with van der Waals surface area (Å²) in [4.78, 5) is 0. The van der Waals surface area contributed by atoms with Gasteiger partial charge in [-0.25, -0.2) is 0 Å². The molecule has 0 aromatic rings. The Balaban J connectivity index is 2.59. The van der Waals surface area contributed by atoms with Crippen LogP contribution in [0.5, 0.6) is 0 Å². The molecule has 1 rings (SSSR count). The van der Waals surface area contributed by atoms with Gasteiger partial charge in [-0.2, -0.15) is 0 Å². The fourth-order valence-corrected chi connectivity index (χ4v) is 7.55. The summed E-state index contributed by atoms with van der Waals surface area (Å²) in [5, 5.41) is 0. The molecular weight excluding hydrogens is 227 g/mol. The maximum absolute atomic E-state index is 6.02. The third-order valence-corrected chi connectivity index (χ3v) is 9.40. The SMILES string of the molecule is CC(C)[O][Zr]([CH3])([CH3])[C]1=CC=CC1. The van der Waals surface area contributed by atoms with E-state index in [9.17, 15) is 0 Å². The van der Waals surface area contributed by atoms with Gasteiger partial charge in [-0.15, -0.1) is 0 Å². The molecule has 0 radical (unpaired) electrons. The molecule has 1 aliphatic carbocycles. The molecule has 0 bridgehead atoms. The minimum atomic E-state index is -2.27. The van der Waals surface area contributed by atoms with Gasteiger partial charge in [-0.05, 0) is 0 Å². The summed E-state index contributed by atoms with van der Waals surface area (Å²) >= 11 is -2.27. The first kappa shape index (κ1) is 10.4. The van der Waals surface area contributed by atoms with Gasteiger partial charge in [0, 0.05) is 0 Å². The maximum atomic E-state index is 6.02. The molecule has 12 heavy (non-hydrogen) atoms. The Bertz CT molecular complexity index is 214. The average Bonchev–Trinajstić information content (AvgIpc) is 2.32. The van der Waals surface area contributed by atoms with Crippen LogP contribution in [0, 0.1) is 0 Å². The molecule has 0 N–H and O–H groups in total. The monoisotopic (exact) mass is 244 g/mol. The van der Waals surface area contributed by atoms with Gasteiger partial charge in [0.15, 0.2) is 0 Å². The fraction of sp³-hybridized carbons (Fsp3) is 0.600. The molecule has 1 aliphatic rings. The average molecular weight is 245 g/mol. The molecule has 0 aromatic heterocycles. The Kier molecular flexibility index (Phi) is 3.49. The molecule has 0 atom stereocenters. The molecule has 0 saturated carbocycles. The van der Waals surface area contributed by atoms with E-state index < -0.39 is 20.7 Å². The zero-order valence-corrected chi connectivity index (χ0v) is 10.9. The Morgan fingerprint density at radius 3 is 2.50 bits per heavy atom. The third kappa shape index (κ3) is 2.67. The number of rotatable bonds is 3. The van der Waals surface area contributed by atoms with Crippen LogP contribution in [0.3, 0.4) is 0 Å². The van der Waals surface area contributed by atoms with E-state index in [2.05, 4.69) is 41.3 Å². The molecule has 0 saturated heterocycles. The molecular formula is C10H18OZr. The van der Waals surface area contributed by atoms with Gasteiger partial charge in [-0.3, -0.25) is 0 Å². The molecule has 0 aliphatic heterocycles. The number of allylic oxidation sites excluding steroid dienone is 4. The van der Waals surface area contributed by atoms with Crippen molar-refractivity contribution in [1.29, 1.82) is 0 Å². The summed E-state index contributed by atoms with van der Waals surface area (Å²) < 4.78 is 12.3. The second-order valence-electron chi connectivity index (χ2n) is 4.00. The van der Waals surface area contributed by atoms with Gasteiger partial charge in [0.05, 0.1) is 0 Å². The van der Waals surface area contributed by atoms with Crippen LogP contribution in [-0.4, -0.2) is 6.10 Å². The van der Waals surface area contributed by atoms with E-state index in [4.69, 9.17) is 2.81 Å². The molecule has 0 amide bonds. The summed E-state index contributed by atoms with van der Waals surface area (Å²) in [5.74, 6) is 0. The van der Waals surface area contributed by atoms with Gasteiger partial charge in [0.1, 0.15) is 0 Å². The molecule has 0 fully saturated rings. The molecule has 1 nitrogen and oxygen atoms in total. The van der Waals surface area contributed by atoms with Crippen molar-refractivity contribution in [3.05, 3.63) is 21.5 Å². The fourth-order valence-electron chi connectivity index (χ4n) is 1.56. The van der Waals surface area contributed by atoms with E-state index in [0.29, 0.717) is 6.10 Å². The molecule has 0 heterocycles. The van der Waals surface area contributed by atoms with Crippen LogP contribution in [0.4, 0.5) is 0 Å². The summed E-state index contributed by atoms with van der Waals surface area (Å²) in [7, 11) is 0. The predicted molar refractivity (Wildman–Crippen MR) is 49.8 cm³/mol. The van der Waals surface area contributed by atoms with Crippen molar-refractivity contribution in [3.8, 4) is 0 Å². The zero-order chi connectivity index (χ0) is 9.19. The number of hydrogen-bond acceptors (Lipinski definition) is 1. The van der Waals surface area contributed by atoms with E-state index in [-0.39, 0.29) is 0 Å². The van der Waals surface area contributed by atoms with Gasteiger partial charge >= 0.3 is 80.7 Å². The van der Waals surface area contributed by atoms with Gasteiger partial charge < -0.3 is 0 Å². The minimum absolute atomic E-state index is 0.386. The van der Waals surface area contributed by atoms with Crippen LogP contribution >= 0.6 is 0 Å². The second-order valence-corrected chi connectivity index (χ2v) is 13.6. The van der Waals surface area contributed by atoms with Crippen LogP contribution in [0.15, 0.2) is 21.5 Å². The van der Waals surface area contributed by atoms with Crippen molar-refractivity contribution >= 4 is 0 Å². The van der Waals surface area contributed by atoms with Crippen LogP contribution in [-0.2, 0) is 23.5 Å². The van der Waals surface area contributed by atoms with E-state index >= 15 is 0 Å². The standard InChI is InChI=1S/C5H5.C3H7O.2CH3.Zr/c1-2-4-5-3-1;1-3(2)4;;;/h1-3H,4H2;3H,1-2H3;2*1H3;/q;-1;;;+1. The van der Waals surface area contributed by atoms with Crippen LogP contribution < -0.4 is 0 Å². The van der Waals surface area contributed by atoms with Crippen LogP contribution in [0.1, 0.15) is 20.3 Å². The van der Waals surface area contributed by atoms with Crippen molar-refractivity contribution in [1.82, 2.24) is 0 Å². The Morgan fingerprint density at radius 2 is 2.08 bits per heavy atom. The summed E-state index contributed by atoms with van der Waals surface area (Å²) in [6.45, 7) is 4.25. The van der Waals surface area contributed by atoms with Crippen molar-refractivity contribution in [2.75, 3.05) is 0 Å². The molecule has 2 heteroatoms. The summed E-state index contributed by atoms with van der Waals surface area (Å²) in [6, 6.07) is 0. The summed E-state index contributed by atoms with van der Waals surface area (Å²) in [5.41, 5.74) is 0. The van der Waals surface area contributed by atoms with E-state index in [1.54, 1.807) is 3.28 Å². The first-order valence-corrected chi connectivity index (χ1v) is 11.7. The topological polar surface area (TPSA) is 9.23 Å².